The third-order valence-electron chi connectivity index (χ3n) is 4.51. The van der Waals surface area contributed by atoms with Gasteiger partial charge in [0.2, 0.25) is 0 Å². The first-order chi connectivity index (χ1) is 10.7. The Bertz CT molecular complexity index is 593. The molecule has 1 heterocycles. The fourth-order valence-corrected chi connectivity index (χ4v) is 2.37. The van der Waals surface area contributed by atoms with E-state index in [0.717, 1.165) is 11.0 Å². The Balaban J connectivity index is 2.26. The highest BCUT2D eigenvalue weighted by Crippen LogP contribution is 2.38. The van der Waals surface area contributed by atoms with E-state index in [1.807, 2.05) is 59.0 Å². The highest BCUT2D eigenvalue weighted by atomic mass is 16.7. The Morgan fingerprint density at radius 1 is 1.17 bits per heavy atom. The second kappa shape index (κ2) is 6.47. The average Bonchev–Trinajstić information content (AvgIpc) is 2.67. The summed E-state index contributed by atoms with van der Waals surface area (Å²) in [5.41, 5.74) is 7.54. The second-order valence-electron chi connectivity index (χ2n) is 6.87. The minimum atomic E-state index is -0.375. The number of amidine groups is 1. The Morgan fingerprint density at radius 3 is 2.13 bits per heavy atom. The number of nitrogen functional groups attached to an aromatic ring is 1. The molecule has 23 heavy (non-hydrogen) atoms. The van der Waals surface area contributed by atoms with Crippen molar-refractivity contribution in [3.05, 3.63) is 40.9 Å². The van der Waals surface area contributed by atoms with Crippen LogP contribution in [0.15, 0.2) is 29.7 Å². The average molecular weight is 315 g/mol. The molecular formula is C17H26BN3O2. The van der Waals surface area contributed by atoms with E-state index in [1.54, 1.807) is 0 Å². The van der Waals surface area contributed by atoms with E-state index in [4.69, 9.17) is 20.5 Å². The molecular weight excluding hydrogens is 289 g/mol. The first kappa shape index (κ1) is 17.7. The smallest absolute Gasteiger partial charge is 0.400 e. The molecule has 1 aromatic carbocycles. The van der Waals surface area contributed by atoms with Gasteiger partial charge in [0.1, 0.15) is 5.84 Å². The maximum atomic E-state index is 7.45. The second-order valence-corrected chi connectivity index (χ2v) is 6.87. The van der Waals surface area contributed by atoms with E-state index in [2.05, 4.69) is 11.4 Å². The molecule has 124 valence electrons. The zero-order chi connectivity index (χ0) is 17.3. The lowest BCUT2D eigenvalue weighted by molar-refractivity contribution is 0.00578. The molecule has 2 rings (SSSR count). The number of rotatable bonds is 5. The molecule has 1 fully saturated rings. The van der Waals surface area contributed by atoms with Gasteiger partial charge in [-0.2, -0.15) is 0 Å². The quantitative estimate of drug-likeness (QED) is 0.442. The Morgan fingerprint density at radius 2 is 1.70 bits per heavy atom. The molecule has 4 N–H and O–H groups in total. The van der Waals surface area contributed by atoms with Gasteiger partial charge in [0.15, 0.2) is 0 Å². The van der Waals surface area contributed by atoms with E-state index in [9.17, 15) is 0 Å². The molecule has 0 spiro atoms. The van der Waals surface area contributed by atoms with Crippen molar-refractivity contribution < 1.29 is 9.31 Å². The van der Waals surface area contributed by atoms with Crippen molar-refractivity contribution >= 4 is 19.0 Å². The van der Waals surface area contributed by atoms with Gasteiger partial charge < -0.3 is 20.4 Å². The van der Waals surface area contributed by atoms with Gasteiger partial charge >= 0.3 is 7.12 Å². The van der Waals surface area contributed by atoms with Crippen LogP contribution < -0.4 is 11.1 Å². The summed E-state index contributed by atoms with van der Waals surface area (Å²) in [6.45, 7) is 8.86. The zero-order valence-electron chi connectivity index (χ0n) is 14.6. The topological polar surface area (TPSA) is 80.4 Å². The van der Waals surface area contributed by atoms with Gasteiger partial charge in [-0.1, -0.05) is 30.3 Å². The van der Waals surface area contributed by atoms with E-state index < -0.39 is 0 Å². The highest BCUT2D eigenvalue weighted by molar-refractivity contribution is 6.55. The predicted octanol–water partition coefficient (Wildman–Crippen LogP) is 2.20. The van der Waals surface area contributed by atoms with Gasteiger partial charge in [0.25, 0.3) is 0 Å². The SMILES string of the molecule is CNCC(=Cc1ccc(C(=N)N)cc1)B1OC(C)(C)C(C)(C)O1. The lowest BCUT2D eigenvalue weighted by Crippen LogP contribution is -2.41. The van der Waals surface area contributed by atoms with Gasteiger partial charge in [0.05, 0.1) is 11.2 Å². The van der Waals surface area contributed by atoms with E-state index in [1.165, 1.54) is 0 Å². The number of hydrogen-bond donors (Lipinski definition) is 3. The van der Waals surface area contributed by atoms with Crippen LogP contribution in [0, 0.1) is 5.41 Å². The van der Waals surface area contributed by atoms with Crippen molar-refractivity contribution in [1.82, 2.24) is 5.32 Å². The Hall–Kier alpha value is -1.63. The van der Waals surface area contributed by atoms with Gasteiger partial charge in [-0.3, -0.25) is 5.41 Å². The van der Waals surface area contributed by atoms with Crippen molar-refractivity contribution in [3.63, 3.8) is 0 Å². The third kappa shape index (κ3) is 3.83. The summed E-state index contributed by atoms with van der Waals surface area (Å²) in [5.74, 6) is 0.0712. The summed E-state index contributed by atoms with van der Waals surface area (Å²) in [7, 11) is 1.53. The fourth-order valence-electron chi connectivity index (χ4n) is 2.37. The van der Waals surface area contributed by atoms with Gasteiger partial charge in [-0.25, -0.2) is 0 Å². The third-order valence-corrected chi connectivity index (χ3v) is 4.51. The number of nitrogens with one attached hydrogen (secondary N) is 2. The van der Waals surface area contributed by atoms with Crippen molar-refractivity contribution in [2.75, 3.05) is 13.6 Å². The molecule has 1 saturated heterocycles. The first-order valence-corrected chi connectivity index (χ1v) is 7.81. The van der Waals surface area contributed by atoms with E-state index >= 15 is 0 Å². The molecule has 1 aliphatic heterocycles. The largest absolute Gasteiger partial charge is 0.491 e. The molecule has 0 amide bonds. The summed E-state index contributed by atoms with van der Waals surface area (Å²) in [5, 5.41) is 10.6. The normalized spacial score (nSPS) is 19.9. The van der Waals surface area contributed by atoms with Crippen molar-refractivity contribution in [2.24, 2.45) is 5.73 Å². The Kier molecular flexibility index (Phi) is 4.99. The summed E-state index contributed by atoms with van der Waals surface area (Å²) < 4.78 is 12.3. The highest BCUT2D eigenvalue weighted by Gasteiger charge is 2.52. The van der Waals surface area contributed by atoms with E-state index in [0.29, 0.717) is 12.1 Å². The van der Waals surface area contributed by atoms with Crippen molar-refractivity contribution in [1.29, 1.82) is 5.41 Å². The minimum Gasteiger partial charge on any atom is -0.400 e. The molecule has 1 aromatic rings. The van der Waals surface area contributed by atoms with Crippen LogP contribution in [0.1, 0.15) is 38.8 Å². The van der Waals surface area contributed by atoms with E-state index in [-0.39, 0.29) is 24.2 Å². The molecule has 6 heteroatoms. The molecule has 0 atom stereocenters. The molecule has 0 bridgehead atoms. The number of likely N-dealkylation sites (N-methyl/N-ethyl adjacent to an activating group) is 1. The van der Waals surface area contributed by atoms with Crippen LogP contribution in [-0.2, 0) is 9.31 Å². The minimum absolute atomic E-state index is 0.0712. The lowest BCUT2D eigenvalue weighted by atomic mass is 9.77. The summed E-state index contributed by atoms with van der Waals surface area (Å²) in [4.78, 5) is 0. The molecule has 5 nitrogen and oxygen atoms in total. The number of benzene rings is 1. The van der Waals surface area contributed by atoms with Crippen LogP contribution >= 0.6 is 0 Å². The Labute approximate surface area is 138 Å². The number of hydrogen-bond acceptors (Lipinski definition) is 4. The van der Waals surface area contributed by atoms with Gasteiger partial charge in [-0.05, 0) is 45.8 Å². The van der Waals surface area contributed by atoms with Crippen molar-refractivity contribution in [2.45, 2.75) is 38.9 Å². The van der Waals surface area contributed by atoms with Crippen LogP contribution in [0.5, 0.6) is 0 Å². The molecule has 1 aliphatic rings. The monoisotopic (exact) mass is 315 g/mol. The fraction of sp³-hybridized carbons (Fsp3) is 0.471. The maximum absolute atomic E-state index is 7.45. The molecule has 0 unspecified atom stereocenters. The molecule has 0 radical (unpaired) electrons. The molecule has 0 aliphatic carbocycles. The van der Waals surface area contributed by atoms with Crippen LogP contribution in [0.4, 0.5) is 0 Å². The van der Waals surface area contributed by atoms with Gasteiger partial charge in [-0.15, -0.1) is 0 Å². The lowest BCUT2D eigenvalue weighted by Gasteiger charge is -2.32. The molecule has 0 aromatic heterocycles. The number of nitrogens with two attached hydrogens (primary N) is 1. The predicted molar refractivity (Wildman–Crippen MR) is 95.4 cm³/mol. The zero-order valence-corrected chi connectivity index (χ0v) is 14.6. The van der Waals surface area contributed by atoms with Crippen molar-refractivity contribution in [3.8, 4) is 0 Å². The maximum Gasteiger partial charge on any atom is 0.491 e. The van der Waals surface area contributed by atoms with Crippen LogP contribution in [0.3, 0.4) is 0 Å². The van der Waals surface area contributed by atoms with Crippen LogP contribution in [0.25, 0.3) is 6.08 Å². The van der Waals surface area contributed by atoms with Crippen LogP contribution in [0.2, 0.25) is 0 Å². The van der Waals surface area contributed by atoms with Gasteiger partial charge in [0, 0.05) is 12.1 Å². The summed E-state index contributed by atoms with van der Waals surface area (Å²) >= 11 is 0. The first-order valence-electron chi connectivity index (χ1n) is 7.81. The summed E-state index contributed by atoms with van der Waals surface area (Å²) in [6.07, 6.45) is 2.06. The standard InChI is InChI=1S/C17H26BN3O2/c1-16(2)17(3,4)23-18(22-16)14(11-21-5)10-12-6-8-13(9-7-12)15(19)20/h6-10,21H,11H2,1-5H3,(H3,19,20). The summed E-state index contributed by atoms with van der Waals surface area (Å²) in [6, 6.07) is 7.57. The molecule has 0 saturated carbocycles. The van der Waals surface area contributed by atoms with Crippen LogP contribution in [-0.4, -0.2) is 37.7 Å².